The fraction of sp³-hybridized carbons (Fsp3) is 0.421. The summed E-state index contributed by atoms with van der Waals surface area (Å²) >= 11 is 1.50. The Morgan fingerprint density at radius 3 is 2.69 bits per heavy atom. The van der Waals surface area contributed by atoms with Crippen molar-refractivity contribution < 1.29 is 14.3 Å². The molecule has 1 saturated heterocycles. The number of carbonyl (C=O) groups is 2. The minimum absolute atomic E-state index is 0.116. The third-order valence-electron chi connectivity index (χ3n) is 4.42. The van der Waals surface area contributed by atoms with Crippen LogP contribution in [0.1, 0.15) is 38.9 Å². The highest BCUT2D eigenvalue weighted by Gasteiger charge is 2.23. The van der Waals surface area contributed by atoms with Crippen molar-refractivity contribution in [1.29, 1.82) is 0 Å². The van der Waals surface area contributed by atoms with E-state index < -0.39 is 0 Å². The van der Waals surface area contributed by atoms with Gasteiger partial charge in [0.2, 0.25) is 0 Å². The monoisotopic (exact) mass is 373 g/mol. The van der Waals surface area contributed by atoms with Gasteiger partial charge in [0.25, 0.3) is 5.91 Å². The minimum atomic E-state index is -0.356. The van der Waals surface area contributed by atoms with Crippen LogP contribution < -0.4 is 4.90 Å². The molecule has 2 aromatic rings. The smallest absolute Gasteiger partial charge is 0.339 e. The van der Waals surface area contributed by atoms with Crippen LogP contribution in [-0.2, 0) is 4.74 Å². The zero-order valence-electron chi connectivity index (χ0n) is 15.1. The van der Waals surface area contributed by atoms with E-state index in [1.165, 1.54) is 11.3 Å². The Hall–Kier alpha value is -2.41. The molecular weight excluding hydrogens is 350 g/mol. The minimum Gasteiger partial charge on any atom is -0.462 e. The first-order valence-electron chi connectivity index (χ1n) is 8.81. The molecule has 0 aliphatic carbocycles. The zero-order valence-corrected chi connectivity index (χ0v) is 15.9. The van der Waals surface area contributed by atoms with Crippen LogP contribution in [0.25, 0.3) is 0 Å². The molecule has 0 atom stereocenters. The van der Waals surface area contributed by atoms with Crippen LogP contribution in [0.2, 0.25) is 0 Å². The normalized spacial score (nSPS) is 14.8. The molecule has 0 bridgehead atoms. The molecule has 1 amide bonds. The van der Waals surface area contributed by atoms with Gasteiger partial charge in [-0.05, 0) is 49.4 Å². The molecule has 0 saturated carbocycles. The lowest BCUT2D eigenvalue weighted by molar-refractivity contribution is 0.0525. The topological polar surface area (TPSA) is 62.7 Å². The zero-order chi connectivity index (χ0) is 18.5. The van der Waals surface area contributed by atoms with E-state index in [4.69, 9.17) is 4.74 Å². The lowest BCUT2D eigenvalue weighted by Crippen LogP contribution is -2.35. The number of aromatic nitrogens is 1. The van der Waals surface area contributed by atoms with E-state index in [1.54, 1.807) is 19.2 Å². The number of anilines is 1. The molecule has 0 aromatic carbocycles. The van der Waals surface area contributed by atoms with Gasteiger partial charge in [0.05, 0.1) is 17.0 Å². The number of rotatable bonds is 4. The summed E-state index contributed by atoms with van der Waals surface area (Å²) in [5.74, 6) is 0.579. The van der Waals surface area contributed by atoms with Gasteiger partial charge >= 0.3 is 5.97 Å². The quantitative estimate of drug-likeness (QED) is 0.771. The summed E-state index contributed by atoms with van der Waals surface area (Å²) < 4.78 is 4.98. The second-order valence-electron chi connectivity index (χ2n) is 6.19. The van der Waals surface area contributed by atoms with E-state index >= 15 is 0 Å². The Morgan fingerprint density at radius 1 is 1.19 bits per heavy atom. The van der Waals surface area contributed by atoms with Crippen LogP contribution in [0.4, 0.5) is 5.82 Å². The first kappa shape index (κ1) is 18.4. The average Bonchev–Trinajstić information content (AvgIpc) is 2.93. The van der Waals surface area contributed by atoms with Gasteiger partial charge in [-0.25, -0.2) is 9.78 Å². The van der Waals surface area contributed by atoms with E-state index in [0.717, 1.165) is 42.3 Å². The van der Waals surface area contributed by atoms with E-state index in [0.29, 0.717) is 18.7 Å². The second-order valence-corrected chi connectivity index (χ2v) is 7.11. The molecule has 0 spiro atoms. The van der Waals surface area contributed by atoms with Crippen molar-refractivity contribution in [3.63, 3.8) is 0 Å². The van der Waals surface area contributed by atoms with E-state index in [-0.39, 0.29) is 11.9 Å². The Bertz CT molecular complexity index is 773. The number of hydrogen-bond acceptors (Lipinski definition) is 6. The molecule has 6 nitrogen and oxygen atoms in total. The maximum absolute atomic E-state index is 12.7. The highest BCUT2D eigenvalue weighted by Crippen LogP contribution is 2.20. The standard InChI is InChI=1S/C19H23N3O3S/c1-3-25-19(24)15-5-6-16(20-13-15)21-8-4-9-22(11-10-21)18(23)17-14(2)7-12-26-17/h5-7,12-13H,3-4,8-11H2,1-2H3. The fourth-order valence-electron chi connectivity index (χ4n) is 2.99. The Morgan fingerprint density at radius 2 is 2.04 bits per heavy atom. The largest absolute Gasteiger partial charge is 0.462 e. The summed E-state index contributed by atoms with van der Waals surface area (Å²) in [7, 11) is 0. The molecule has 2 aromatic heterocycles. The first-order valence-corrected chi connectivity index (χ1v) is 9.69. The van der Waals surface area contributed by atoms with Crippen molar-refractivity contribution in [3.8, 4) is 0 Å². The Labute approximate surface area is 157 Å². The van der Waals surface area contributed by atoms with Gasteiger partial charge < -0.3 is 14.5 Å². The van der Waals surface area contributed by atoms with Gasteiger partial charge in [-0.1, -0.05) is 0 Å². The number of esters is 1. The number of hydrogen-bond donors (Lipinski definition) is 0. The molecule has 1 aliphatic heterocycles. The first-order chi connectivity index (χ1) is 12.6. The molecule has 26 heavy (non-hydrogen) atoms. The van der Waals surface area contributed by atoms with Gasteiger partial charge in [0, 0.05) is 32.4 Å². The summed E-state index contributed by atoms with van der Waals surface area (Å²) in [5.41, 5.74) is 1.49. The van der Waals surface area contributed by atoms with Crippen molar-refractivity contribution >= 4 is 29.0 Å². The van der Waals surface area contributed by atoms with Crippen LogP contribution in [0.15, 0.2) is 29.8 Å². The van der Waals surface area contributed by atoms with Crippen LogP contribution >= 0.6 is 11.3 Å². The number of amides is 1. The van der Waals surface area contributed by atoms with Crippen LogP contribution in [0.3, 0.4) is 0 Å². The summed E-state index contributed by atoms with van der Waals surface area (Å²) in [4.78, 5) is 33.7. The maximum Gasteiger partial charge on any atom is 0.339 e. The molecule has 1 fully saturated rings. The van der Waals surface area contributed by atoms with Crippen molar-refractivity contribution in [2.24, 2.45) is 0 Å². The van der Waals surface area contributed by atoms with E-state index in [9.17, 15) is 9.59 Å². The predicted octanol–water partition coefficient (Wildman–Crippen LogP) is 2.98. The van der Waals surface area contributed by atoms with Gasteiger partial charge in [-0.3, -0.25) is 4.79 Å². The van der Waals surface area contributed by atoms with Gasteiger partial charge in [-0.15, -0.1) is 11.3 Å². The fourth-order valence-corrected chi connectivity index (χ4v) is 3.89. The molecule has 0 radical (unpaired) electrons. The van der Waals surface area contributed by atoms with E-state index in [1.807, 2.05) is 29.3 Å². The molecule has 138 valence electrons. The molecular formula is C19H23N3O3S. The molecule has 0 N–H and O–H groups in total. The van der Waals surface area contributed by atoms with Crippen molar-refractivity contribution in [2.45, 2.75) is 20.3 Å². The highest BCUT2D eigenvalue weighted by molar-refractivity contribution is 7.12. The number of nitrogens with zero attached hydrogens (tertiary/aromatic N) is 3. The van der Waals surface area contributed by atoms with Gasteiger partial charge in [-0.2, -0.15) is 0 Å². The van der Waals surface area contributed by atoms with Gasteiger partial charge in [0.15, 0.2) is 0 Å². The maximum atomic E-state index is 12.7. The molecule has 1 aliphatic rings. The third-order valence-corrected chi connectivity index (χ3v) is 5.43. The van der Waals surface area contributed by atoms with Crippen molar-refractivity contribution in [3.05, 3.63) is 45.8 Å². The molecule has 3 rings (SSSR count). The summed E-state index contributed by atoms with van der Waals surface area (Å²) in [6.07, 6.45) is 2.44. The highest BCUT2D eigenvalue weighted by atomic mass is 32.1. The van der Waals surface area contributed by atoms with Gasteiger partial charge in [0.1, 0.15) is 5.82 Å². The molecule has 3 heterocycles. The van der Waals surface area contributed by atoms with Crippen LogP contribution in [0.5, 0.6) is 0 Å². The lowest BCUT2D eigenvalue weighted by Gasteiger charge is -2.23. The van der Waals surface area contributed by atoms with Crippen molar-refractivity contribution in [2.75, 3.05) is 37.7 Å². The second kappa shape index (κ2) is 8.31. The van der Waals surface area contributed by atoms with Crippen LogP contribution in [-0.4, -0.2) is 54.5 Å². The van der Waals surface area contributed by atoms with Crippen LogP contribution in [0, 0.1) is 6.92 Å². The Balaban J connectivity index is 1.64. The third kappa shape index (κ3) is 4.04. The molecule has 7 heteroatoms. The summed E-state index contributed by atoms with van der Waals surface area (Å²) in [6.45, 7) is 7.07. The summed E-state index contributed by atoms with van der Waals surface area (Å²) in [5, 5.41) is 1.96. The van der Waals surface area contributed by atoms with E-state index in [2.05, 4.69) is 9.88 Å². The lowest BCUT2D eigenvalue weighted by atomic mass is 10.2. The number of carbonyl (C=O) groups excluding carboxylic acids is 2. The Kier molecular flexibility index (Phi) is 5.88. The number of ether oxygens (including phenoxy) is 1. The SMILES string of the molecule is CCOC(=O)c1ccc(N2CCCN(C(=O)c3sccc3C)CC2)nc1. The summed E-state index contributed by atoms with van der Waals surface area (Å²) in [6, 6.07) is 5.56. The average molecular weight is 373 g/mol. The predicted molar refractivity (Wildman–Crippen MR) is 102 cm³/mol. The number of thiophene rings is 1. The molecule has 0 unspecified atom stereocenters. The van der Waals surface area contributed by atoms with Crippen molar-refractivity contribution in [1.82, 2.24) is 9.88 Å². The number of aryl methyl sites for hydroxylation is 1. The number of pyridine rings is 1.